The number of fused-ring (bicyclic) bond motifs is 1. The molecule has 18 heavy (non-hydrogen) atoms. The average molecular weight is 248 g/mol. The van der Waals surface area contributed by atoms with E-state index in [2.05, 4.69) is 11.4 Å². The quantitative estimate of drug-likeness (QED) is 0.803. The molecule has 2 rings (SSSR count). The molecule has 1 aromatic rings. The number of ether oxygens (including phenoxy) is 1. The number of nitrogens with zero attached hydrogens (tertiary/aromatic N) is 1. The number of hydrogen-bond donors (Lipinski definition) is 1. The molecule has 1 atom stereocenters. The van der Waals surface area contributed by atoms with Crippen LogP contribution in [0.3, 0.4) is 0 Å². The van der Waals surface area contributed by atoms with Gasteiger partial charge < -0.3 is 15.0 Å². The Morgan fingerprint density at radius 2 is 2.28 bits per heavy atom. The predicted molar refractivity (Wildman–Crippen MR) is 71.7 cm³/mol. The highest BCUT2D eigenvalue weighted by Gasteiger charge is 2.28. The molecule has 0 aliphatic carbocycles. The van der Waals surface area contributed by atoms with Crippen LogP contribution in [0.4, 0.5) is 5.69 Å². The molecule has 0 saturated carbocycles. The van der Waals surface area contributed by atoms with Crippen LogP contribution in [-0.4, -0.2) is 43.7 Å². The van der Waals surface area contributed by atoms with E-state index >= 15 is 0 Å². The normalized spacial score (nSPS) is 17.1. The topological polar surface area (TPSA) is 41.6 Å². The summed E-state index contributed by atoms with van der Waals surface area (Å²) in [5, 5.41) is 3.27. The van der Waals surface area contributed by atoms with Crippen LogP contribution < -0.4 is 5.32 Å². The van der Waals surface area contributed by atoms with Gasteiger partial charge in [0.1, 0.15) is 6.04 Å². The van der Waals surface area contributed by atoms with Gasteiger partial charge >= 0.3 is 0 Å². The lowest BCUT2D eigenvalue weighted by Gasteiger charge is -2.21. The number of anilines is 1. The van der Waals surface area contributed by atoms with Gasteiger partial charge in [-0.3, -0.25) is 4.79 Å². The number of hydrogen-bond acceptors (Lipinski definition) is 3. The van der Waals surface area contributed by atoms with Crippen molar-refractivity contribution in [3.8, 4) is 0 Å². The summed E-state index contributed by atoms with van der Waals surface area (Å²) in [7, 11) is 1.83. The summed E-state index contributed by atoms with van der Waals surface area (Å²) in [6.07, 6.45) is 0.772. The fourth-order valence-electron chi connectivity index (χ4n) is 2.17. The Balaban J connectivity index is 1.88. The van der Waals surface area contributed by atoms with Crippen LogP contribution in [0.1, 0.15) is 12.5 Å². The van der Waals surface area contributed by atoms with Crippen molar-refractivity contribution >= 4 is 11.6 Å². The molecule has 0 aromatic heterocycles. The predicted octanol–water partition coefficient (Wildman–Crippen LogP) is 1.52. The second-order valence-corrected chi connectivity index (χ2v) is 4.51. The first kappa shape index (κ1) is 12.9. The fraction of sp³-hybridized carbons (Fsp3) is 0.500. The van der Waals surface area contributed by atoms with Gasteiger partial charge in [-0.2, -0.15) is 0 Å². The van der Waals surface area contributed by atoms with Crippen LogP contribution >= 0.6 is 0 Å². The Labute approximate surface area is 108 Å². The first-order valence-corrected chi connectivity index (χ1v) is 6.39. The van der Waals surface area contributed by atoms with E-state index in [9.17, 15) is 4.79 Å². The molecule has 1 heterocycles. The van der Waals surface area contributed by atoms with Crippen LogP contribution in [0.2, 0.25) is 0 Å². The molecule has 0 bridgehead atoms. The largest absolute Gasteiger partial charge is 0.380 e. The number of amides is 1. The molecule has 1 aliphatic rings. The Morgan fingerprint density at radius 3 is 3.00 bits per heavy atom. The number of para-hydroxylation sites is 1. The molecule has 0 radical (unpaired) electrons. The third-order valence-corrected chi connectivity index (χ3v) is 3.22. The summed E-state index contributed by atoms with van der Waals surface area (Å²) in [4.78, 5) is 14.0. The number of benzene rings is 1. The molecule has 0 spiro atoms. The standard InChI is InChI=1S/C14H20N2O2/c1-3-18-9-8-16(2)14(17)13-10-11-6-4-5-7-12(11)15-13/h4-7,13,15H,3,8-10H2,1-2H3. The molecule has 1 aromatic carbocycles. The number of rotatable bonds is 5. The van der Waals surface area contributed by atoms with Gasteiger partial charge in [0, 0.05) is 32.3 Å². The zero-order valence-corrected chi connectivity index (χ0v) is 11.0. The Kier molecular flexibility index (Phi) is 4.20. The van der Waals surface area contributed by atoms with E-state index in [-0.39, 0.29) is 11.9 Å². The van der Waals surface area contributed by atoms with E-state index in [1.807, 2.05) is 32.2 Å². The van der Waals surface area contributed by atoms with Gasteiger partial charge in [-0.15, -0.1) is 0 Å². The molecule has 4 nitrogen and oxygen atoms in total. The van der Waals surface area contributed by atoms with Gasteiger partial charge in [0.2, 0.25) is 5.91 Å². The van der Waals surface area contributed by atoms with Crippen LogP contribution in [0.25, 0.3) is 0 Å². The second kappa shape index (κ2) is 5.87. The summed E-state index contributed by atoms with van der Waals surface area (Å²) in [6, 6.07) is 7.94. The summed E-state index contributed by atoms with van der Waals surface area (Å²) in [6.45, 7) is 3.88. The van der Waals surface area contributed by atoms with Crippen molar-refractivity contribution in [3.05, 3.63) is 29.8 Å². The van der Waals surface area contributed by atoms with E-state index in [4.69, 9.17) is 4.74 Å². The summed E-state index contributed by atoms with van der Waals surface area (Å²) in [5.41, 5.74) is 2.29. The van der Waals surface area contributed by atoms with Crippen molar-refractivity contribution in [2.24, 2.45) is 0 Å². The van der Waals surface area contributed by atoms with Crippen molar-refractivity contribution in [3.63, 3.8) is 0 Å². The first-order chi connectivity index (χ1) is 8.72. The zero-order chi connectivity index (χ0) is 13.0. The molecule has 4 heteroatoms. The van der Waals surface area contributed by atoms with Crippen LogP contribution in [0, 0.1) is 0 Å². The van der Waals surface area contributed by atoms with Gasteiger partial charge in [0.05, 0.1) is 6.61 Å². The smallest absolute Gasteiger partial charge is 0.245 e. The van der Waals surface area contributed by atoms with Crippen molar-refractivity contribution in [1.29, 1.82) is 0 Å². The third-order valence-electron chi connectivity index (χ3n) is 3.22. The van der Waals surface area contributed by atoms with Crippen LogP contribution in [0.15, 0.2) is 24.3 Å². The average Bonchev–Trinajstić information content (AvgIpc) is 2.81. The van der Waals surface area contributed by atoms with Crippen molar-refractivity contribution < 1.29 is 9.53 Å². The molecular weight excluding hydrogens is 228 g/mol. The highest BCUT2D eigenvalue weighted by Crippen LogP contribution is 2.25. The van der Waals surface area contributed by atoms with E-state index in [1.165, 1.54) is 5.56 Å². The van der Waals surface area contributed by atoms with E-state index in [0.29, 0.717) is 19.8 Å². The molecule has 1 unspecified atom stereocenters. The number of carbonyl (C=O) groups is 1. The molecule has 1 N–H and O–H groups in total. The Hall–Kier alpha value is -1.55. The molecule has 0 fully saturated rings. The van der Waals surface area contributed by atoms with Crippen molar-refractivity contribution in [2.45, 2.75) is 19.4 Å². The number of likely N-dealkylation sites (N-methyl/N-ethyl adjacent to an activating group) is 1. The first-order valence-electron chi connectivity index (χ1n) is 6.39. The minimum absolute atomic E-state index is 0.130. The summed E-state index contributed by atoms with van der Waals surface area (Å²) < 4.78 is 5.26. The molecule has 98 valence electrons. The van der Waals surface area contributed by atoms with Gasteiger partial charge in [-0.1, -0.05) is 18.2 Å². The zero-order valence-electron chi connectivity index (χ0n) is 11.0. The maximum absolute atomic E-state index is 12.2. The van der Waals surface area contributed by atoms with E-state index in [1.54, 1.807) is 4.90 Å². The third kappa shape index (κ3) is 2.82. The number of carbonyl (C=O) groups excluding carboxylic acids is 1. The van der Waals surface area contributed by atoms with E-state index < -0.39 is 0 Å². The minimum atomic E-state index is -0.131. The van der Waals surface area contributed by atoms with Crippen LogP contribution in [-0.2, 0) is 16.0 Å². The summed E-state index contributed by atoms with van der Waals surface area (Å²) >= 11 is 0. The molecule has 0 saturated heterocycles. The minimum Gasteiger partial charge on any atom is -0.380 e. The van der Waals surface area contributed by atoms with Gasteiger partial charge in [0.15, 0.2) is 0 Å². The lowest BCUT2D eigenvalue weighted by molar-refractivity contribution is -0.131. The highest BCUT2D eigenvalue weighted by molar-refractivity contribution is 5.87. The second-order valence-electron chi connectivity index (χ2n) is 4.51. The fourth-order valence-corrected chi connectivity index (χ4v) is 2.17. The van der Waals surface area contributed by atoms with E-state index in [0.717, 1.165) is 12.1 Å². The highest BCUT2D eigenvalue weighted by atomic mass is 16.5. The lowest BCUT2D eigenvalue weighted by atomic mass is 10.1. The molecule has 1 aliphatic heterocycles. The van der Waals surface area contributed by atoms with Crippen molar-refractivity contribution in [1.82, 2.24) is 4.90 Å². The van der Waals surface area contributed by atoms with Gasteiger partial charge in [0.25, 0.3) is 0 Å². The maximum Gasteiger partial charge on any atom is 0.245 e. The van der Waals surface area contributed by atoms with Gasteiger partial charge in [-0.05, 0) is 18.6 Å². The monoisotopic (exact) mass is 248 g/mol. The lowest BCUT2D eigenvalue weighted by Crippen LogP contribution is -2.41. The Morgan fingerprint density at radius 1 is 1.50 bits per heavy atom. The Bertz CT molecular complexity index is 395. The molecule has 1 amide bonds. The summed E-state index contributed by atoms with van der Waals surface area (Å²) in [5.74, 6) is 0.130. The molecular formula is C14H20N2O2. The van der Waals surface area contributed by atoms with Gasteiger partial charge in [-0.25, -0.2) is 0 Å². The maximum atomic E-state index is 12.2. The van der Waals surface area contributed by atoms with Crippen LogP contribution in [0.5, 0.6) is 0 Å². The van der Waals surface area contributed by atoms with Crippen molar-refractivity contribution in [2.75, 3.05) is 32.1 Å². The number of nitrogens with one attached hydrogen (secondary N) is 1. The SMILES string of the molecule is CCOCCN(C)C(=O)C1Cc2ccccc2N1.